The van der Waals surface area contributed by atoms with Crippen LogP contribution in [0.15, 0.2) is 24.4 Å². The zero-order valence-corrected chi connectivity index (χ0v) is 18.1. The first kappa shape index (κ1) is 27.1. The van der Waals surface area contributed by atoms with Gasteiger partial charge < -0.3 is 4.74 Å². The minimum absolute atomic E-state index is 0.119. The molecule has 0 aliphatic carbocycles. The molecule has 0 aliphatic rings. The summed E-state index contributed by atoms with van der Waals surface area (Å²) in [5.41, 5.74) is 0.595. The Balaban J connectivity index is 2.14. The first-order chi connectivity index (χ1) is 15.7. The van der Waals surface area contributed by atoms with E-state index >= 15 is 0 Å². The summed E-state index contributed by atoms with van der Waals surface area (Å²) in [6, 6.07) is 2.78. The van der Waals surface area contributed by atoms with Gasteiger partial charge in [0.05, 0.1) is 30.6 Å². The molecule has 0 bridgehead atoms. The third-order valence-electron chi connectivity index (χ3n) is 5.24. The molecule has 0 radical (unpaired) electrons. The fourth-order valence-electron chi connectivity index (χ4n) is 2.95. The number of methoxy groups -OCH3 is 1. The lowest BCUT2D eigenvalue weighted by molar-refractivity contribution is -0.230. The van der Waals surface area contributed by atoms with E-state index in [2.05, 4.69) is 15.3 Å². The summed E-state index contributed by atoms with van der Waals surface area (Å²) in [7, 11) is 0.948. The number of hydrazine groups is 1. The molecule has 1 aromatic carbocycles. The van der Waals surface area contributed by atoms with Crippen LogP contribution in [-0.2, 0) is 20.9 Å². The van der Waals surface area contributed by atoms with E-state index in [1.807, 2.05) is 5.43 Å². The van der Waals surface area contributed by atoms with Gasteiger partial charge in [0, 0.05) is 23.9 Å². The van der Waals surface area contributed by atoms with Gasteiger partial charge in [-0.3, -0.25) is 15.0 Å². The lowest BCUT2D eigenvalue weighted by atomic mass is 9.75. The summed E-state index contributed by atoms with van der Waals surface area (Å²) in [6.07, 6.45) is -4.82. The molecule has 0 aliphatic heterocycles. The summed E-state index contributed by atoms with van der Waals surface area (Å²) < 4.78 is 99.0. The Morgan fingerprint density at radius 1 is 1.15 bits per heavy atom. The average molecular weight is 498 g/mol. The van der Waals surface area contributed by atoms with E-state index in [0.717, 1.165) is 45.4 Å². The van der Waals surface area contributed by atoms with Crippen molar-refractivity contribution in [3.8, 4) is 11.3 Å². The molecule has 0 fully saturated rings. The summed E-state index contributed by atoms with van der Waals surface area (Å²) in [5.74, 6) is -6.45. The van der Waals surface area contributed by atoms with Crippen molar-refractivity contribution in [2.24, 2.45) is 11.3 Å². The van der Waals surface area contributed by atoms with Crippen molar-refractivity contribution in [1.29, 1.82) is 0 Å². The van der Waals surface area contributed by atoms with Gasteiger partial charge in [0.25, 0.3) is 0 Å². The van der Waals surface area contributed by atoms with Crippen LogP contribution in [0, 0.1) is 23.0 Å². The van der Waals surface area contributed by atoms with Crippen LogP contribution in [-0.4, -0.2) is 34.9 Å². The number of halogens is 7. The van der Waals surface area contributed by atoms with E-state index in [0.29, 0.717) is 4.68 Å². The average Bonchev–Trinajstić information content (AvgIpc) is 3.23. The smallest absolute Gasteiger partial charge is 0.394 e. The number of hydrogen-bond donors (Lipinski definition) is 2. The number of esters is 1. The van der Waals surface area contributed by atoms with Crippen LogP contribution in [0.4, 0.5) is 30.7 Å². The third-order valence-corrected chi connectivity index (χ3v) is 5.24. The maximum Gasteiger partial charge on any atom is 0.394 e. The second-order valence-electron chi connectivity index (χ2n) is 7.77. The molecule has 1 aromatic heterocycles. The van der Waals surface area contributed by atoms with E-state index in [4.69, 9.17) is 0 Å². The van der Waals surface area contributed by atoms with Gasteiger partial charge in [-0.25, -0.2) is 18.9 Å². The molecule has 188 valence electrons. The molecule has 2 rings (SSSR count). The lowest BCUT2D eigenvalue weighted by Crippen LogP contribution is -2.50. The Morgan fingerprint density at radius 3 is 2.21 bits per heavy atom. The molecule has 1 atom stereocenters. The number of nitrogens with zero attached hydrogens (tertiary/aromatic N) is 2. The highest BCUT2D eigenvalue weighted by Crippen LogP contribution is 2.45. The van der Waals surface area contributed by atoms with Gasteiger partial charge in [-0.2, -0.15) is 27.1 Å². The molecule has 14 heteroatoms. The molecule has 0 unspecified atom stereocenters. The highest BCUT2D eigenvalue weighted by Gasteiger charge is 2.55. The molecule has 2 N–H and O–H groups in total. The summed E-state index contributed by atoms with van der Waals surface area (Å²) in [4.78, 5) is 23.9. The molecular formula is C20H21F7N4O3. The number of carbonyl (C=O) groups excluding carboxylic acids is 2. The van der Waals surface area contributed by atoms with E-state index in [1.54, 1.807) is 0 Å². The highest BCUT2D eigenvalue weighted by molar-refractivity contribution is 5.84. The number of amides is 1. The fourth-order valence-corrected chi connectivity index (χ4v) is 2.95. The number of aromatic nitrogens is 2. The molecule has 0 spiro atoms. The normalized spacial score (nSPS) is 13.1. The monoisotopic (exact) mass is 498 g/mol. The maximum atomic E-state index is 14.4. The predicted molar refractivity (Wildman–Crippen MR) is 104 cm³/mol. The van der Waals surface area contributed by atoms with Gasteiger partial charge in [-0.15, -0.1) is 0 Å². The van der Waals surface area contributed by atoms with Gasteiger partial charge in [0.1, 0.15) is 11.6 Å². The second kappa shape index (κ2) is 10.4. The van der Waals surface area contributed by atoms with Gasteiger partial charge in [0.15, 0.2) is 0 Å². The molecule has 34 heavy (non-hydrogen) atoms. The van der Waals surface area contributed by atoms with Crippen molar-refractivity contribution in [2.75, 3.05) is 7.11 Å². The van der Waals surface area contributed by atoms with E-state index < -0.39 is 66.1 Å². The summed E-state index contributed by atoms with van der Waals surface area (Å²) in [5, 5.41) is 3.50. The van der Waals surface area contributed by atoms with Crippen LogP contribution in [0.1, 0.15) is 32.4 Å². The SMILES string of the molecule is COC(=O)C[C@H](C(=O)NNCc1c(F)cc(-c2ccn(C(F)F)n2)cc1F)C(C)(C)C(F)(F)F. The van der Waals surface area contributed by atoms with Gasteiger partial charge >= 0.3 is 18.7 Å². The molecule has 0 saturated carbocycles. The van der Waals surface area contributed by atoms with E-state index in [1.165, 1.54) is 0 Å². The largest absolute Gasteiger partial charge is 0.469 e. The minimum atomic E-state index is -4.85. The van der Waals surface area contributed by atoms with Crippen LogP contribution in [0.2, 0.25) is 0 Å². The molecule has 0 saturated heterocycles. The first-order valence-electron chi connectivity index (χ1n) is 9.66. The second-order valence-corrected chi connectivity index (χ2v) is 7.77. The maximum absolute atomic E-state index is 14.4. The van der Waals surface area contributed by atoms with Crippen molar-refractivity contribution in [3.05, 3.63) is 41.6 Å². The molecule has 7 nitrogen and oxygen atoms in total. The zero-order chi connectivity index (χ0) is 25.8. The van der Waals surface area contributed by atoms with Crippen LogP contribution in [0.25, 0.3) is 11.3 Å². The Hall–Kier alpha value is -3.16. The molecule has 2 aromatic rings. The van der Waals surface area contributed by atoms with Crippen molar-refractivity contribution in [1.82, 2.24) is 20.6 Å². The number of rotatable bonds is 9. The molecular weight excluding hydrogens is 477 g/mol. The Bertz CT molecular complexity index is 1010. The van der Waals surface area contributed by atoms with Crippen LogP contribution in [0.5, 0.6) is 0 Å². The van der Waals surface area contributed by atoms with Crippen molar-refractivity contribution >= 4 is 11.9 Å². The summed E-state index contributed by atoms with van der Waals surface area (Å²) in [6.45, 7) is -2.16. The number of ether oxygens (including phenoxy) is 1. The van der Waals surface area contributed by atoms with Gasteiger partial charge in [0.2, 0.25) is 5.91 Å². The minimum Gasteiger partial charge on any atom is -0.469 e. The number of carbonyl (C=O) groups is 2. The molecule has 1 amide bonds. The third kappa shape index (κ3) is 6.04. The topological polar surface area (TPSA) is 85.3 Å². The van der Waals surface area contributed by atoms with Crippen LogP contribution in [0.3, 0.4) is 0 Å². The molecule has 1 heterocycles. The van der Waals surface area contributed by atoms with Gasteiger partial charge in [-0.05, 0) is 18.2 Å². The Morgan fingerprint density at radius 2 is 1.74 bits per heavy atom. The predicted octanol–water partition coefficient (Wildman–Crippen LogP) is 4.11. The fraction of sp³-hybridized carbons (Fsp3) is 0.450. The number of alkyl halides is 5. The first-order valence-corrected chi connectivity index (χ1v) is 9.66. The number of nitrogens with one attached hydrogen (secondary N) is 2. The van der Waals surface area contributed by atoms with E-state index in [9.17, 15) is 40.3 Å². The Kier molecular flexibility index (Phi) is 8.29. The van der Waals surface area contributed by atoms with E-state index in [-0.39, 0.29) is 11.3 Å². The quantitative estimate of drug-likeness (QED) is 0.309. The lowest BCUT2D eigenvalue weighted by Gasteiger charge is -2.34. The number of hydrogen-bond acceptors (Lipinski definition) is 5. The summed E-state index contributed by atoms with van der Waals surface area (Å²) >= 11 is 0. The van der Waals surface area contributed by atoms with Crippen molar-refractivity contribution < 1.29 is 45.1 Å². The van der Waals surface area contributed by atoms with Gasteiger partial charge in [-0.1, -0.05) is 13.8 Å². The zero-order valence-electron chi connectivity index (χ0n) is 18.1. The highest BCUT2D eigenvalue weighted by atomic mass is 19.4. The number of benzene rings is 1. The standard InChI is InChI=1S/C20H21F7N4O3/c1-19(2,20(25,26)27)12(8-16(32)34-3)17(33)29-28-9-11-13(21)6-10(7-14(11)22)15-4-5-31(30-15)18(23)24/h4-7,12,18,28H,8-9H2,1-3H3,(H,29,33)/t12-/m1/s1. The Labute approximate surface area is 189 Å². The van der Waals surface area contributed by atoms with Crippen LogP contribution >= 0.6 is 0 Å². The van der Waals surface area contributed by atoms with Crippen LogP contribution < -0.4 is 10.9 Å². The van der Waals surface area contributed by atoms with Crippen molar-refractivity contribution in [3.63, 3.8) is 0 Å². The van der Waals surface area contributed by atoms with Crippen molar-refractivity contribution in [2.45, 2.75) is 39.5 Å².